The Kier molecular flexibility index (Phi) is 4.67. The quantitative estimate of drug-likeness (QED) is 0.624. The van der Waals surface area contributed by atoms with E-state index in [-0.39, 0.29) is 0 Å². The van der Waals surface area contributed by atoms with Crippen LogP contribution in [0.1, 0.15) is 56.6 Å². The van der Waals surface area contributed by atoms with Crippen molar-refractivity contribution in [2.24, 2.45) is 5.92 Å². The van der Waals surface area contributed by atoms with Crippen LogP contribution in [0.15, 0.2) is 24.3 Å². The highest BCUT2D eigenvalue weighted by Gasteiger charge is 2.28. The zero-order valence-corrected chi connectivity index (χ0v) is 12.5. The predicted molar refractivity (Wildman–Crippen MR) is 78.9 cm³/mol. The minimum atomic E-state index is 0.644. The summed E-state index contributed by atoms with van der Waals surface area (Å²) < 4.78 is 0. The minimum Gasteiger partial charge on any atom is -0.0888 e. The Balaban J connectivity index is 1.74. The van der Waals surface area contributed by atoms with Crippen molar-refractivity contribution >= 4 is 15.9 Å². The lowest BCUT2D eigenvalue weighted by Gasteiger charge is -2.09. The van der Waals surface area contributed by atoms with E-state index in [1.165, 1.54) is 43.2 Å². The summed E-state index contributed by atoms with van der Waals surface area (Å²) in [5.74, 6) is 1.63. The third kappa shape index (κ3) is 4.13. The molecule has 0 saturated heterocycles. The Morgan fingerprint density at radius 3 is 2.35 bits per heavy atom. The lowest BCUT2D eigenvalue weighted by atomic mass is 9.99. The maximum absolute atomic E-state index is 3.81. The second-order valence-electron chi connectivity index (χ2n) is 5.64. The molecule has 0 radical (unpaired) electrons. The molecule has 1 aliphatic carbocycles. The monoisotopic (exact) mass is 294 g/mol. The van der Waals surface area contributed by atoms with Crippen molar-refractivity contribution in [1.82, 2.24) is 0 Å². The van der Waals surface area contributed by atoms with Crippen LogP contribution in [0.25, 0.3) is 0 Å². The lowest BCUT2D eigenvalue weighted by molar-refractivity contribution is 0.653. The average Bonchev–Trinajstić information content (AvgIpc) is 3.13. The number of hydrogen-bond donors (Lipinski definition) is 0. The number of rotatable bonds is 6. The van der Waals surface area contributed by atoms with E-state index < -0.39 is 0 Å². The molecule has 1 aliphatic rings. The van der Waals surface area contributed by atoms with Gasteiger partial charge in [0, 0.05) is 4.83 Å². The molecule has 0 amide bonds. The van der Waals surface area contributed by atoms with E-state index in [2.05, 4.69) is 54.0 Å². The Bertz CT molecular complexity index is 335. The number of benzene rings is 1. The van der Waals surface area contributed by atoms with Gasteiger partial charge in [0.1, 0.15) is 0 Å². The largest absolute Gasteiger partial charge is 0.0888 e. The molecule has 2 rings (SSSR count). The summed E-state index contributed by atoms with van der Waals surface area (Å²) in [5, 5.41) is 0. The van der Waals surface area contributed by atoms with Gasteiger partial charge in [-0.05, 0) is 55.1 Å². The van der Waals surface area contributed by atoms with Gasteiger partial charge in [-0.25, -0.2) is 0 Å². The molecule has 1 atom stereocenters. The third-order valence-electron chi connectivity index (χ3n) is 3.73. The van der Waals surface area contributed by atoms with Crippen LogP contribution >= 0.6 is 15.9 Å². The summed E-state index contributed by atoms with van der Waals surface area (Å²) >= 11 is 3.81. The highest BCUT2D eigenvalue weighted by molar-refractivity contribution is 9.09. The molecule has 1 aromatic rings. The summed E-state index contributed by atoms with van der Waals surface area (Å²) in [7, 11) is 0. The van der Waals surface area contributed by atoms with Crippen molar-refractivity contribution in [2.75, 3.05) is 0 Å². The number of halogens is 1. The van der Waals surface area contributed by atoms with Gasteiger partial charge in [-0.3, -0.25) is 0 Å². The molecular weight excluding hydrogens is 272 g/mol. The van der Waals surface area contributed by atoms with Crippen molar-refractivity contribution in [3.63, 3.8) is 0 Å². The summed E-state index contributed by atoms with van der Waals surface area (Å²) in [4.78, 5) is 0.775. The van der Waals surface area contributed by atoms with E-state index in [0.29, 0.717) is 5.92 Å². The van der Waals surface area contributed by atoms with Gasteiger partial charge in [-0.2, -0.15) is 0 Å². The van der Waals surface area contributed by atoms with Crippen LogP contribution in [-0.2, 0) is 6.42 Å². The molecule has 1 unspecified atom stereocenters. The minimum absolute atomic E-state index is 0.644. The molecule has 1 fully saturated rings. The first-order chi connectivity index (χ1) is 8.16. The zero-order chi connectivity index (χ0) is 12.3. The van der Waals surface area contributed by atoms with Crippen molar-refractivity contribution in [3.8, 4) is 0 Å². The van der Waals surface area contributed by atoms with Crippen LogP contribution in [-0.4, -0.2) is 4.83 Å². The second kappa shape index (κ2) is 6.04. The van der Waals surface area contributed by atoms with Crippen molar-refractivity contribution < 1.29 is 0 Å². The standard InChI is InChI=1S/C16H23Br/c1-12(2)14-8-6-13(7-9-14)4-3-5-16(17)15-10-11-15/h6-9,12,15-16H,3-5,10-11H2,1-2H3. The third-order valence-corrected chi connectivity index (χ3v) is 4.93. The Morgan fingerprint density at radius 1 is 1.18 bits per heavy atom. The van der Waals surface area contributed by atoms with Gasteiger partial charge >= 0.3 is 0 Å². The number of hydrogen-bond acceptors (Lipinski definition) is 0. The van der Waals surface area contributed by atoms with Crippen LogP contribution in [0.4, 0.5) is 0 Å². The molecule has 17 heavy (non-hydrogen) atoms. The Hall–Kier alpha value is -0.300. The van der Waals surface area contributed by atoms with Crippen molar-refractivity contribution in [3.05, 3.63) is 35.4 Å². The van der Waals surface area contributed by atoms with E-state index in [4.69, 9.17) is 0 Å². The van der Waals surface area contributed by atoms with Gasteiger partial charge in [-0.15, -0.1) is 0 Å². The zero-order valence-electron chi connectivity index (χ0n) is 11.0. The Morgan fingerprint density at radius 2 is 1.82 bits per heavy atom. The maximum atomic E-state index is 3.81. The molecule has 0 aromatic heterocycles. The van der Waals surface area contributed by atoms with Gasteiger partial charge in [0.2, 0.25) is 0 Å². The van der Waals surface area contributed by atoms with Crippen molar-refractivity contribution in [1.29, 1.82) is 0 Å². The molecule has 94 valence electrons. The first-order valence-electron chi connectivity index (χ1n) is 6.89. The van der Waals surface area contributed by atoms with Gasteiger partial charge < -0.3 is 0 Å². The SMILES string of the molecule is CC(C)c1ccc(CCCC(Br)C2CC2)cc1. The van der Waals surface area contributed by atoms with E-state index in [0.717, 1.165) is 10.7 Å². The van der Waals surface area contributed by atoms with E-state index in [1.54, 1.807) is 0 Å². The average molecular weight is 295 g/mol. The maximum Gasteiger partial charge on any atom is 0.0174 e. The summed E-state index contributed by atoms with van der Waals surface area (Å²) in [6, 6.07) is 9.17. The second-order valence-corrected chi connectivity index (χ2v) is 6.82. The smallest absolute Gasteiger partial charge is 0.0174 e. The van der Waals surface area contributed by atoms with Crippen LogP contribution in [0.2, 0.25) is 0 Å². The molecule has 0 aliphatic heterocycles. The Labute approximate surface area is 114 Å². The number of aryl methyl sites for hydroxylation is 1. The van der Waals surface area contributed by atoms with Crippen LogP contribution in [0.3, 0.4) is 0 Å². The first-order valence-corrected chi connectivity index (χ1v) is 7.81. The molecule has 0 N–H and O–H groups in total. The summed E-state index contributed by atoms with van der Waals surface area (Å²) in [5.41, 5.74) is 2.94. The van der Waals surface area contributed by atoms with Gasteiger partial charge in [0.15, 0.2) is 0 Å². The van der Waals surface area contributed by atoms with Crippen LogP contribution in [0, 0.1) is 5.92 Å². The lowest BCUT2D eigenvalue weighted by Crippen LogP contribution is -2.01. The summed E-state index contributed by atoms with van der Waals surface area (Å²) in [6.07, 6.45) is 6.76. The molecule has 1 saturated carbocycles. The van der Waals surface area contributed by atoms with Crippen LogP contribution < -0.4 is 0 Å². The molecule has 1 aromatic carbocycles. The van der Waals surface area contributed by atoms with E-state index in [1.807, 2.05) is 0 Å². The van der Waals surface area contributed by atoms with Gasteiger partial charge in [-0.1, -0.05) is 54.0 Å². The van der Waals surface area contributed by atoms with Crippen LogP contribution in [0.5, 0.6) is 0 Å². The van der Waals surface area contributed by atoms with Gasteiger partial charge in [0.25, 0.3) is 0 Å². The molecule has 0 heterocycles. The molecule has 0 spiro atoms. The topological polar surface area (TPSA) is 0 Å². The summed E-state index contributed by atoms with van der Waals surface area (Å²) in [6.45, 7) is 4.50. The molecule has 1 heteroatoms. The molecular formula is C16H23Br. The van der Waals surface area contributed by atoms with E-state index in [9.17, 15) is 0 Å². The fraction of sp³-hybridized carbons (Fsp3) is 0.625. The van der Waals surface area contributed by atoms with Gasteiger partial charge in [0.05, 0.1) is 0 Å². The highest BCUT2D eigenvalue weighted by atomic mass is 79.9. The predicted octanol–water partition coefficient (Wildman–Crippen LogP) is 5.31. The van der Waals surface area contributed by atoms with E-state index >= 15 is 0 Å². The van der Waals surface area contributed by atoms with Crippen molar-refractivity contribution in [2.45, 2.75) is 56.7 Å². The highest BCUT2D eigenvalue weighted by Crippen LogP contribution is 2.38. The number of alkyl halides is 1. The molecule has 0 nitrogen and oxygen atoms in total. The fourth-order valence-electron chi connectivity index (χ4n) is 2.26. The first kappa shape index (κ1) is 13.1. The normalized spacial score (nSPS) is 17.4. The molecule has 0 bridgehead atoms. The fourth-order valence-corrected chi connectivity index (χ4v) is 3.12.